The number of methoxy groups -OCH3 is 1. The Balaban J connectivity index is 1.92. The first kappa shape index (κ1) is 18.9. The van der Waals surface area contributed by atoms with E-state index >= 15 is 0 Å². The summed E-state index contributed by atoms with van der Waals surface area (Å²) in [6, 6.07) is 11.1. The van der Waals surface area contributed by atoms with E-state index in [9.17, 15) is 14.9 Å². The van der Waals surface area contributed by atoms with Crippen molar-refractivity contribution >= 4 is 34.3 Å². The summed E-state index contributed by atoms with van der Waals surface area (Å²) >= 11 is 1.40. The first-order chi connectivity index (χ1) is 13.0. The van der Waals surface area contributed by atoms with Crippen LogP contribution in [0.15, 0.2) is 35.9 Å². The van der Waals surface area contributed by atoms with Crippen molar-refractivity contribution in [2.45, 2.75) is 26.2 Å². The Morgan fingerprint density at radius 3 is 2.74 bits per heavy atom. The van der Waals surface area contributed by atoms with Crippen molar-refractivity contribution in [3.8, 4) is 6.07 Å². The molecule has 27 heavy (non-hydrogen) atoms. The van der Waals surface area contributed by atoms with E-state index in [1.807, 2.05) is 36.4 Å². The molecular formula is C21H20N2O3S. The molecule has 0 saturated heterocycles. The van der Waals surface area contributed by atoms with E-state index in [-0.39, 0.29) is 5.57 Å². The Hall–Kier alpha value is -2.91. The minimum absolute atomic E-state index is 0.0169. The van der Waals surface area contributed by atoms with Crippen LogP contribution < -0.4 is 5.32 Å². The fraction of sp³-hybridized carbons (Fsp3) is 0.286. The third kappa shape index (κ3) is 4.09. The molecule has 1 aromatic heterocycles. The molecular weight excluding hydrogens is 360 g/mol. The topological polar surface area (TPSA) is 79.2 Å². The van der Waals surface area contributed by atoms with Crippen LogP contribution in [0.25, 0.3) is 6.08 Å². The first-order valence-electron chi connectivity index (χ1n) is 8.74. The second kappa shape index (κ2) is 8.19. The van der Waals surface area contributed by atoms with Gasteiger partial charge in [-0.2, -0.15) is 5.26 Å². The average molecular weight is 380 g/mol. The van der Waals surface area contributed by atoms with Gasteiger partial charge in [0.15, 0.2) is 0 Å². The number of nitrogens with one attached hydrogen (secondary N) is 1. The number of benzene rings is 1. The van der Waals surface area contributed by atoms with Gasteiger partial charge in [0.25, 0.3) is 5.91 Å². The molecule has 0 saturated carbocycles. The number of anilines is 1. The van der Waals surface area contributed by atoms with Gasteiger partial charge >= 0.3 is 5.97 Å². The number of rotatable bonds is 4. The molecule has 1 aliphatic carbocycles. The van der Waals surface area contributed by atoms with Gasteiger partial charge in [0.1, 0.15) is 16.6 Å². The fourth-order valence-electron chi connectivity index (χ4n) is 3.19. The average Bonchev–Trinajstić information content (AvgIpc) is 3.02. The highest BCUT2D eigenvalue weighted by Gasteiger charge is 2.29. The van der Waals surface area contributed by atoms with Gasteiger partial charge in [0.05, 0.1) is 12.7 Å². The van der Waals surface area contributed by atoms with Crippen LogP contribution in [0, 0.1) is 17.2 Å². The second-order valence-electron chi connectivity index (χ2n) is 6.58. The van der Waals surface area contributed by atoms with Crippen molar-refractivity contribution in [1.29, 1.82) is 5.26 Å². The van der Waals surface area contributed by atoms with Gasteiger partial charge < -0.3 is 10.1 Å². The number of carbonyl (C=O) groups is 2. The van der Waals surface area contributed by atoms with Gasteiger partial charge in [-0.25, -0.2) is 4.79 Å². The molecule has 1 atom stereocenters. The van der Waals surface area contributed by atoms with Crippen molar-refractivity contribution in [2.24, 2.45) is 5.92 Å². The molecule has 5 nitrogen and oxygen atoms in total. The number of hydrogen-bond acceptors (Lipinski definition) is 5. The summed E-state index contributed by atoms with van der Waals surface area (Å²) in [5, 5.41) is 12.6. The summed E-state index contributed by atoms with van der Waals surface area (Å²) in [4.78, 5) is 26.1. The van der Waals surface area contributed by atoms with E-state index in [2.05, 4.69) is 12.2 Å². The lowest BCUT2D eigenvalue weighted by molar-refractivity contribution is -0.112. The van der Waals surface area contributed by atoms with E-state index < -0.39 is 11.9 Å². The quantitative estimate of drug-likeness (QED) is 0.490. The number of amides is 1. The third-order valence-corrected chi connectivity index (χ3v) is 5.77. The van der Waals surface area contributed by atoms with Gasteiger partial charge in [-0.3, -0.25) is 4.79 Å². The van der Waals surface area contributed by atoms with Gasteiger partial charge in [-0.05, 0) is 42.4 Å². The normalized spacial score (nSPS) is 16.2. The molecule has 1 aromatic carbocycles. The molecule has 138 valence electrons. The van der Waals surface area contributed by atoms with Gasteiger partial charge in [0, 0.05) is 4.88 Å². The van der Waals surface area contributed by atoms with Crippen molar-refractivity contribution < 1.29 is 14.3 Å². The molecule has 3 rings (SSSR count). The lowest BCUT2D eigenvalue weighted by atomic mass is 9.88. The SMILES string of the molecule is COC(=O)c1c(NC(=O)/C(C#N)=C\c2ccccc2)sc2c1CC[C@@H](C)C2. The molecule has 1 aliphatic rings. The maximum absolute atomic E-state index is 12.6. The summed E-state index contributed by atoms with van der Waals surface area (Å²) in [6.07, 6.45) is 4.20. The molecule has 0 aliphatic heterocycles. The minimum atomic E-state index is -0.529. The third-order valence-electron chi connectivity index (χ3n) is 4.60. The summed E-state index contributed by atoms with van der Waals surface area (Å²) in [7, 11) is 1.33. The highest BCUT2D eigenvalue weighted by molar-refractivity contribution is 7.17. The Kier molecular flexibility index (Phi) is 5.72. The number of nitriles is 1. The molecule has 0 radical (unpaired) electrons. The van der Waals surface area contributed by atoms with Crippen LogP contribution in [-0.2, 0) is 22.4 Å². The van der Waals surface area contributed by atoms with Gasteiger partial charge in [0.2, 0.25) is 0 Å². The summed E-state index contributed by atoms with van der Waals surface area (Å²) in [5.74, 6) is -0.445. The number of hydrogen-bond donors (Lipinski definition) is 1. The van der Waals surface area contributed by atoms with Crippen LogP contribution in [-0.4, -0.2) is 19.0 Å². The van der Waals surface area contributed by atoms with E-state index in [4.69, 9.17) is 4.74 Å². The Labute approximate surface area is 162 Å². The number of esters is 1. The van der Waals surface area contributed by atoms with Gasteiger partial charge in [-0.1, -0.05) is 37.3 Å². The van der Waals surface area contributed by atoms with Crippen LogP contribution in [0.5, 0.6) is 0 Å². The zero-order chi connectivity index (χ0) is 19.4. The maximum atomic E-state index is 12.6. The van der Waals surface area contributed by atoms with E-state index in [0.29, 0.717) is 16.5 Å². The predicted octanol–water partition coefficient (Wildman–Crippen LogP) is 4.21. The smallest absolute Gasteiger partial charge is 0.341 e. The second-order valence-corrected chi connectivity index (χ2v) is 7.69. The molecule has 0 fully saturated rings. The first-order valence-corrected chi connectivity index (χ1v) is 9.56. The van der Waals surface area contributed by atoms with E-state index in [1.54, 1.807) is 0 Å². The number of ether oxygens (including phenoxy) is 1. The van der Waals surface area contributed by atoms with Crippen LogP contribution in [0.2, 0.25) is 0 Å². The lowest BCUT2D eigenvalue weighted by Crippen LogP contribution is -2.16. The van der Waals surface area contributed by atoms with Crippen LogP contribution in [0.1, 0.15) is 39.7 Å². The van der Waals surface area contributed by atoms with Crippen molar-refractivity contribution in [2.75, 3.05) is 12.4 Å². The summed E-state index contributed by atoms with van der Waals surface area (Å²) < 4.78 is 4.93. The standard InChI is InChI=1S/C21H20N2O3S/c1-13-8-9-16-17(10-13)27-20(18(16)21(25)26-2)23-19(24)15(12-22)11-14-6-4-3-5-7-14/h3-7,11,13H,8-10H2,1-2H3,(H,23,24)/b15-11-/t13-/m1/s1. The number of fused-ring (bicyclic) bond motifs is 1. The Bertz CT molecular complexity index is 938. The predicted molar refractivity (Wildman–Crippen MR) is 106 cm³/mol. The van der Waals surface area contributed by atoms with Gasteiger partial charge in [-0.15, -0.1) is 11.3 Å². The zero-order valence-corrected chi connectivity index (χ0v) is 16.1. The number of nitrogens with zero attached hydrogens (tertiary/aromatic N) is 1. The fourth-order valence-corrected chi connectivity index (χ4v) is 4.59. The Morgan fingerprint density at radius 1 is 1.33 bits per heavy atom. The zero-order valence-electron chi connectivity index (χ0n) is 15.2. The molecule has 0 bridgehead atoms. The van der Waals surface area contributed by atoms with Crippen molar-refractivity contribution in [3.05, 3.63) is 57.5 Å². The molecule has 1 amide bonds. The summed E-state index contributed by atoms with van der Waals surface area (Å²) in [6.45, 7) is 2.18. The van der Waals surface area contributed by atoms with Crippen LogP contribution >= 0.6 is 11.3 Å². The van der Waals surface area contributed by atoms with Crippen molar-refractivity contribution in [1.82, 2.24) is 0 Å². The Morgan fingerprint density at radius 2 is 2.07 bits per heavy atom. The summed E-state index contributed by atoms with van der Waals surface area (Å²) in [5.41, 5.74) is 2.13. The monoisotopic (exact) mass is 380 g/mol. The van der Waals surface area contributed by atoms with E-state index in [1.165, 1.54) is 24.5 Å². The number of thiophene rings is 1. The largest absolute Gasteiger partial charge is 0.465 e. The minimum Gasteiger partial charge on any atom is -0.465 e. The molecule has 6 heteroatoms. The van der Waals surface area contributed by atoms with E-state index in [0.717, 1.165) is 35.3 Å². The molecule has 0 unspecified atom stereocenters. The molecule has 2 aromatic rings. The number of carbonyl (C=O) groups excluding carboxylic acids is 2. The highest BCUT2D eigenvalue weighted by Crippen LogP contribution is 2.40. The van der Waals surface area contributed by atoms with Crippen LogP contribution in [0.4, 0.5) is 5.00 Å². The molecule has 1 N–H and O–H groups in total. The lowest BCUT2D eigenvalue weighted by Gasteiger charge is -2.18. The van der Waals surface area contributed by atoms with Crippen molar-refractivity contribution in [3.63, 3.8) is 0 Å². The van der Waals surface area contributed by atoms with Crippen LogP contribution in [0.3, 0.4) is 0 Å². The molecule has 0 spiro atoms. The maximum Gasteiger partial charge on any atom is 0.341 e. The highest BCUT2D eigenvalue weighted by atomic mass is 32.1. The molecule has 1 heterocycles.